The Labute approximate surface area is 114 Å². The van der Waals surface area contributed by atoms with Crippen molar-refractivity contribution in [1.29, 1.82) is 0 Å². The van der Waals surface area contributed by atoms with Gasteiger partial charge in [0, 0.05) is 24.5 Å². The molecule has 19 heavy (non-hydrogen) atoms. The average Bonchev–Trinajstić information content (AvgIpc) is 2.41. The first-order valence-electron chi connectivity index (χ1n) is 5.46. The van der Waals surface area contributed by atoms with Crippen LogP contribution in [0, 0.1) is 10.1 Å². The van der Waals surface area contributed by atoms with Crippen LogP contribution in [0.5, 0.6) is 0 Å². The van der Waals surface area contributed by atoms with Gasteiger partial charge in [-0.3, -0.25) is 20.1 Å². The van der Waals surface area contributed by atoms with Crippen LogP contribution >= 0.6 is 11.6 Å². The minimum absolute atomic E-state index is 0.0284. The Morgan fingerprint density at radius 2 is 2.21 bits per heavy atom. The van der Waals surface area contributed by atoms with E-state index in [9.17, 15) is 10.1 Å². The third kappa shape index (κ3) is 3.14. The highest BCUT2D eigenvalue weighted by atomic mass is 35.5. The van der Waals surface area contributed by atoms with E-state index in [4.69, 9.17) is 11.6 Å². The molecule has 0 aliphatic carbocycles. The second kappa shape index (κ2) is 5.58. The second-order valence-electron chi connectivity index (χ2n) is 3.88. The fourth-order valence-corrected chi connectivity index (χ4v) is 1.79. The highest BCUT2D eigenvalue weighted by Gasteiger charge is 2.08. The summed E-state index contributed by atoms with van der Waals surface area (Å²) in [6, 6.07) is 4.36. The molecule has 96 valence electrons. The fraction of sp³-hybridized carbons (Fsp3) is 0.0769. The predicted molar refractivity (Wildman–Crippen MR) is 73.7 cm³/mol. The van der Waals surface area contributed by atoms with Gasteiger partial charge in [-0.1, -0.05) is 11.6 Å². The van der Waals surface area contributed by atoms with Crippen molar-refractivity contribution < 1.29 is 4.92 Å². The van der Waals surface area contributed by atoms with Crippen LogP contribution in [0.4, 0.5) is 5.69 Å². The highest BCUT2D eigenvalue weighted by molar-refractivity contribution is 6.32. The van der Waals surface area contributed by atoms with Crippen LogP contribution in [0.25, 0.3) is 11.6 Å². The van der Waals surface area contributed by atoms with Crippen LogP contribution in [0.1, 0.15) is 18.2 Å². The standard InChI is InChI=1S/C13H10ClN3O2/c1-9(13-8-15-4-5-16-13)6-10-2-3-11(17(18)19)7-12(10)14/h2-8H,1H3. The van der Waals surface area contributed by atoms with Crippen LogP contribution in [0.15, 0.2) is 36.8 Å². The molecule has 0 aliphatic heterocycles. The molecule has 0 bridgehead atoms. The summed E-state index contributed by atoms with van der Waals surface area (Å²) in [5.74, 6) is 0. The molecule has 5 nitrogen and oxygen atoms in total. The average molecular weight is 276 g/mol. The first-order valence-corrected chi connectivity index (χ1v) is 5.84. The van der Waals surface area contributed by atoms with Crippen LogP contribution in [-0.4, -0.2) is 14.9 Å². The van der Waals surface area contributed by atoms with Crippen molar-refractivity contribution in [2.24, 2.45) is 0 Å². The molecule has 0 atom stereocenters. The van der Waals surface area contributed by atoms with Gasteiger partial charge in [-0.2, -0.15) is 0 Å². The van der Waals surface area contributed by atoms with Gasteiger partial charge in [-0.05, 0) is 30.2 Å². The normalized spacial score (nSPS) is 11.4. The molecule has 0 saturated carbocycles. The second-order valence-corrected chi connectivity index (χ2v) is 4.29. The van der Waals surface area contributed by atoms with Crippen molar-refractivity contribution in [3.63, 3.8) is 0 Å². The lowest BCUT2D eigenvalue weighted by atomic mass is 10.1. The molecule has 1 aromatic carbocycles. The number of hydrogen-bond donors (Lipinski definition) is 0. The van der Waals surface area contributed by atoms with Crippen LogP contribution in [0.3, 0.4) is 0 Å². The quantitative estimate of drug-likeness (QED) is 0.634. The molecule has 2 rings (SSSR count). The molecule has 0 saturated heterocycles. The topological polar surface area (TPSA) is 68.9 Å². The summed E-state index contributed by atoms with van der Waals surface area (Å²) in [7, 11) is 0. The number of rotatable bonds is 3. The van der Waals surface area contributed by atoms with Crippen molar-refractivity contribution in [2.45, 2.75) is 6.92 Å². The Bertz CT molecular complexity index is 642. The zero-order valence-corrected chi connectivity index (χ0v) is 10.8. The van der Waals surface area contributed by atoms with Crippen LogP contribution in [-0.2, 0) is 0 Å². The molecule has 0 radical (unpaired) electrons. The van der Waals surface area contributed by atoms with E-state index < -0.39 is 4.92 Å². The van der Waals surface area contributed by atoms with Crippen molar-refractivity contribution >= 4 is 28.9 Å². The van der Waals surface area contributed by atoms with E-state index in [1.54, 1.807) is 24.7 Å². The predicted octanol–water partition coefficient (Wildman–Crippen LogP) is 3.60. The van der Waals surface area contributed by atoms with Crippen LogP contribution < -0.4 is 0 Å². The first kappa shape index (κ1) is 13.2. The number of aromatic nitrogens is 2. The molecule has 0 N–H and O–H groups in total. The number of nitro benzene ring substituents is 1. The smallest absolute Gasteiger partial charge is 0.261 e. The van der Waals surface area contributed by atoms with Gasteiger partial charge in [-0.25, -0.2) is 0 Å². The van der Waals surface area contributed by atoms with Gasteiger partial charge >= 0.3 is 0 Å². The molecule has 0 unspecified atom stereocenters. The fourth-order valence-electron chi connectivity index (χ4n) is 1.56. The zero-order valence-electron chi connectivity index (χ0n) is 10.1. The van der Waals surface area contributed by atoms with Crippen LogP contribution in [0.2, 0.25) is 5.02 Å². The minimum atomic E-state index is -0.477. The molecule has 0 spiro atoms. The Balaban J connectivity index is 2.36. The molecular weight excluding hydrogens is 266 g/mol. The summed E-state index contributed by atoms with van der Waals surface area (Å²) in [6.07, 6.45) is 6.65. The summed E-state index contributed by atoms with van der Waals surface area (Å²) >= 11 is 6.02. The lowest BCUT2D eigenvalue weighted by Gasteiger charge is -2.02. The maximum absolute atomic E-state index is 10.6. The number of hydrogen-bond acceptors (Lipinski definition) is 4. The van der Waals surface area contributed by atoms with Gasteiger partial charge in [0.15, 0.2) is 0 Å². The van der Waals surface area contributed by atoms with E-state index >= 15 is 0 Å². The van der Waals surface area contributed by atoms with E-state index in [2.05, 4.69) is 9.97 Å². The molecule has 0 amide bonds. The van der Waals surface area contributed by atoms with E-state index in [0.29, 0.717) is 10.6 Å². The summed E-state index contributed by atoms with van der Waals surface area (Å²) in [5.41, 5.74) is 2.29. The minimum Gasteiger partial charge on any atom is -0.261 e. The maximum atomic E-state index is 10.6. The van der Waals surface area contributed by atoms with Gasteiger partial charge in [0.05, 0.1) is 21.8 Å². The van der Waals surface area contributed by atoms with Crippen molar-refractivity contribution in [2.75, 3.05) is 0 Å². The molecule has 0 fully saturated rings. The lowest BCUT2D eigenvalue weighted by Crippen LogP contribution is -1.89. The van der Waals surface area contributed by atoms with Crippen molar-refractivity contribution in [3.8, 4) is 0 Å². The number of nitrogens with zero attached hydrogens (tertiary/aromatic N) is 3. The molecule has 1 heterocycles. The molecule has 6 heteroatoms. The van der Waals surface area contributed by atoms with Crippen molar-refractivity contribution in [3.05, 3.63) is 63.2 Å². The summed E-state index contributed by atoms with van der Waals surface area (Å²) in [6.45, 7) is 1.88. The Morgan fingerprint density at radius 1 is 1.42 bits per heavy atom. The van der Waals surface area contributed by atoms with E-state index in [1.165, 1.54) is 12.1 Å². The molecule has 1 aromatic heterocycles. The van der Waals surface area contributed by atoms with Gasteiger partial charge < -0.3 is 0 Å². The largest absolute Gasteiger partial charge is 0.270 e. The number of benzene rings is 1. The van der Waals surface area contributed by atoms with E-state index in [-0.39, 0.29) is 5.69 Å². The van der Waals surface area contributed by atoms with Gasteiger partial charge in [-0.15, -0.1) is 0 Å². The monoisotopic (exact) mass is 275 g/mol. The maximum Gasteiger partial charge on any atom is 0.270 e. The number of non-ortho nitro benzene ring substituents is 1. The molecule has 0 aliphatic rings. The SMILES string of the molecule is CC(=Cc1ccc([N+](=O)[O-])cc1Cl)c1cnccn1. The summed E-state index contributed by atoms with van der Waals surface area (Å²) in [4.78, 5) is 18.3. The van der Waals surface area contributed by atoms with Crippen molar-refractivity contribution in [1.82, 2.24) is 9.97 Å². The first-order chi connectivity index (χ1) is 9.08. The van der Waals surface area contributed by atoms with E-state index in [1.807, 2.05) is 13.0 Å². The Morgan fingerprint density at radius 3 is 2.79 bits per heavy atom. The van der Waals surface area contributed by atoms with Gasteiger partial charge in [0.1, 0.15) is 0 Å². The third-order valence-electron chi connectivity index (χ3n) is 2.53. The Kier molecular flexibility index (Phi) is 3.87. The third-order valence-corrected chi connectivity index (χ3v) is 2.86. The lowest BCUT2D eigenvalue weighted by molar-refractivity contribution is -0.384. The van der Waals surface area contributed by atoms with E-state index in [0.717, 1.165) is 11.3 Å². The molecule has 2 aromatic rings. The number of nitro groups is 1. The summed E-state index contributed by atoms with van der Waals surface area (Å²) < 4.78 is 0. The summed E-state index contributed by atoms with van der Waals surface area (Å²) in [5, 5.41) is 11.0. The number of halogens is 1. The van der Waals surface area contributed by atoms with Gasteiger partial charge in [0.25, 0.3) is 5.69 Å². The Hall–Kier alpha value is -2.27. The highest BCUT2D eigenvalue weighted by Crippen LogP contribution is 2.25. The number of allylic oxidation sites excluding steroid dienone is 1. The van der Waals surface area contributed by atoms with Gasteiger partial charge in [0.2, 0.25) is 0 Å². The molecular formula is C13H10ClN3O2. The zero-order chi connectivity index (χ0) is 13.8.